The van der Waals surface area contributed by atoms with E-state index in [1.165, 1.54) is 6.92 Å². The molecule has 0 rings (SSSR count). The highest BCUT2D eigenvalue weighted by Gasteiger charge is 2.21. The maximum atomic E-state index is 11.6. The number of hydrogen-bond donors (Lipinski definition) is 1. The third-order valence-corrected chi connectivity index (χ3v) is 2.99. The van der Waals surface area contributed by atoms with Crippen LogP contribution in [-0.2, 0) is 19.2 Å². The lowest BCUT2D eigenvalue weighted by Crippen LogP contribution is -2.35. The Balaban J connectivity index is 0. The van der Waals surface area contributed by atoms with Gasteiger partial charge >= 0.3 is 0 Å². The quantitative estimate of drug-likeness (QED) is 0.566. The molecule has 0 spiro atoms. The van der Waals surface area contributed by atoms with E-state index in [0.29, 0.717) is 12.8 Å². The summed E-state index contributed by atoms with van der Waals surface area (Å²) in [6.07, 6.45) is 1.06. The van der Waals surface area contributed by atoms with E-state index in [-0.39, 0.29) is 17.9 Å². The zero-order chi connectivity index (χ0) is 15.5. The SMILES string of the molecule is C=C(C)C(=O)N(CCC)OS(=O)(=O)CCC.CNC. The molecule has 0 aromatic heterocycles. The summed E-state index contributed by atoms with van der Waals surface area (Å²) in [5, 5.41) is 3.60. The fourth-order valence-electron chi connectivity index (χ4n) is 1.01. The predicted molar refractivity (Wildman–Crippen MR) is 77.0 cm³/mol. The number of hydroxylamine groups is 2. The van der Waals surface area contributed by atoms with Gasteiger partial charge in [0.25, 0.3) is 16.0 Å². The Morgan fingerprint density at radius 3 is 2.05 bits per heavy atom. The van der Waals surface area contributed by atoms with E-state index >= 15 is 0 Å². The first-order chi connectivity index (χ1) is 8.75. The Labute approximate surface area is 116 Å². The molecule has 0 radical (unpaired) electrons. The molecule has 0 aliphatic heterocycles. The van der Waals surface area contributed by atoms with E-state index in [9.17, 15) is 13.2 Å². The molecule has 0 unspecified atom stereocenters. The van der Waals surface area contributed by atoms with Crippen molar-refractivity contribution in [2.24, 2.45) is 0 Å². The highest BCUT2D eigenvalue weighted by atomic mass is 32.2. The first-order valence-electron chi connectivity index (χ1n) is 6.23. The van der Waals surface area contributed by atoms with Crippen LogP contribution in [0.25, 0.3) is 0 Å². The highest BCUT2D eigenvalue weighted by Crippen LogP contribution is 2.07. The average molecular weight is 294 g/mol. The number of rotatable bonds is 7. The van der Waals surface area contributed by atoms with Gasteiger partial charge in [-0.25, -0.2) is 0 Å². The minimum Gasteiger partial charge on any atom is -0.323 e. The molecule has 0 aliphatic carbocycles. The van der Waals surface area contributed by atoms with E-state index in [1.807, 2.05) is 21.0 Å². The highest BCUT2D eigenvalue weighted by molar-refractivity contribution is 7.86. The Morgan fingerprint density at radius 1 is 1.26 bits per heavy atom. The molecular weight excluding hydrogens is 268 g/mol. The molecule has 7 heteroatoms. The van der Waals surface area contributed by atoms with Crippen LogP contribution in [0.15, 0.2) is 12.2 Å². The Bertz CT molecular complexity index is 366. The van der Waals surface area contributed by atoms with Crippen LogP contribution in [0.4, 0.5) is 0 Å². The molecule has 6 nitrogen and oxygen atoms in total. The molecule has 1 N–H and O–H groups in total. The molecule has 0 saturated carbocycles. The molecule has 0 bridgehead atoms. The van der Waals surface area contributed by atoms with Crippen LogP contribution in [-0.4, -0.2) is 45.8 Å². The lowest BCUT2D eigenvalue weighted by Gasteiger charge is -2.20. The number of nitrogens with zero attached hydrogens (tertiary/aromatic N) is 1. The second-order valence-electron chi connectivity index (χ2n) is 4.02. The van der Waals surface area contributed by atoms with Crippen molar-refractivity contribution in [2.75, 3.05) is 26.4 Å². The number of amides is 1. The lowest BCUT2D eigenvalue weighted by atomic mass is 10.3. The van der Waals surface area contributed by atoms with Gasteiger partial charge in [0.1, 0.15) is 0 Å². The van der Waals surface area contributed by atoms with E-state index < -0.39 is 16.0 Å². The van der Waals surface area contributed by atoms with Crippen molar-refractivity contribution in [3.05, 3.63) is 12.2 Å². The summed E-state index contributed by atoms with van der Waals surface area (Å²) in [5.41, 5.74) is 0.250. The third-order valence-electron chi connectivity index (χ3n) is 1.68. The van der Waals surface area contributed by atoms with Crippen molar-refractivity contribution >= 4 is 16.0 Å². The van der Waals surface area contributed by atoms with Gasteiger partial charge in [-0.15, -0.1) is 4.28 Å². The first-order valence-corrected chi connectivity index (χ1v) is 7.81. The van der Waals surface area contributed by atoms with Crippen LogP contribution in [0.5, 0.6) is 0 Å². The molecule has 1 amide bonds. The average Bonchev–Trinajstić information content (AvgIpc) is 2.28. The van der Waals surface area contributed by atoms with Crippen LogP contribution in [0.1, 0.15) is 33.6 Å². The molecule has 0 aliphatic rings. The summed E-state index contributed by atoms with van der Waals surface area (Å²) in [4.78, 5) is 11.6. The smallest absolute Gasteiger partial charge is 0.288 e. The second kappa shape index (κ2) is 11.0. The Morgan fingerprint density at radius 2 is 1.74 bits per heavy atom. The largest absolute Gasteiger partial charge is 0.323 e. The zero-order valence-electron chi connectivity index (χ0n) is 12.5. The number of carbonyl (C=O) groups excluding carboxylic acids is 1. The standard InChI is InChI=1S/C10H19NO4S.C2H7N/c1-5-7-11(10(12)9(3)4)15-16(13,14)8-6-2;1-3-2/h3,5-8H2,1-2,4H3;3H,1-2H3. The van der Waals surface area contributed by atoms with Crippen LogP contribution >= 0.6 is 0 Å². The number of carbonyl (C=O) groups is 1. The van der Waals surface area contributed by atoms with Gasteiger partial charge in [0, 0.05) is 5.57 Å². The summed E-state index contributed by atoms with van der Waals surface area (Å²) in [6.45, 7) is 8.77. The predicted octanol–water partition coefficient (Wildman–Crippen LogP) is 1.31. The fourth-order valence-corrected chi connectivity index (χ4v) is 2.00. The van der Waals surface area contributed by atoms with Crippen molar-refractivity contribution in [1.29, 1.82) is 0 Å². The number of hydrogen-bond acceptors (Lipinski definition) is 5. The maximum absolute atomic E-state index is 11.6. The minimum absolute atomic E-state index is 0.101. The maximum Gasteiger partial charge on any atom is 0.288 e. The van der Waals surface area contributed by atoms with Crippen molar-refractivity contribution in [2.45, 2.75) is 33.6 Å². The van der Waals surface area contributed by atoms with Crippen molar-refractivity contribution in [3.63, 3.8) is 0 Å². The van der Waals surface area contributed by atoms with Gasteiger partial charge in [0.05, 0.1) is 12.3 Å². The van der Waals surface area contributed by atoms with E-state index in [4.69, 9.17) is 4.28 Å². The van der Waals surface area contributed by atoms with Gasteiger partial charge in [-0.3, -0.25) is 4.79 Å². The molecule has 0 fully saturated rings. The van der Waals surface area contributed by atoms with Crippen LogP contribution < -0.4 is 5.32 Å². The lowest BCUT2D eigenvalue weighted by molar-refractivity contribution is -0.151. The molecule has 19 heavy (non-hydrogen) atoms. The van der Waals surface area contributed by atoms with Gasteiger partial charge in [-0.1, -0.05) is 20.4 Å². The molecule has 0 heterocycles. The van der Waals surface area contributed by atoms with E-state index in [2.05, 4.69) is 11.9 Å². The summed E-state index contributed by atoms with van der Waals surface area (Å²) in [7, 11) is 0.0824. The summed E-state index contributed by atoms with van der Waals surface area (Å²) in [5.74, 6) is -0.599. The van der Waals surface area contributed by atoms with Crippen molar-refractivity contribution in [1.82, 2.24) is 10.4 Å². The zero-order valence-corrected chi connectivity index (χ0v) is 13.3. The van der Waals surface area contributed by atoms with Crippen molar-refractivity contribution < 1.29 is 17.5 Å². The summed E-state index contributed by atoms with van der Waals surface area (Å²) >= 11 is 0. The van der Waals surface area contributed by atoms with Gasteiger partial charge in [0.2, 0.25) is 0 Å². The molecular formula is C12H26N2O4S. The van der Waals surface area contributed by atoms with Crippen LogP contribution in [0.3, 0.4) is 0 Å². The van der Waals surface area contributed by atoms with E-state index in [1.54, 1.807) is 6.92 Å². The van der Waals surface area contributed by atoms with Gasteiger partial charge in [-0.2, -0.15) is 13.5 Å². The third kappa shape index (κ3) is 10.7. The van der Waals surface area contributed by atoms with Crippen LogP contribution in [0, 0.1) is 0 Å². The topological polar surface area (TPSA) is 75.7 Å². The molecule has 0 atom stereocenters. The minimum atomic E-state index is -3.67. The Hall–Kier alpha value is -0.920. The van der Waals surface area contributed by atoms with Crippen LogP contribution in [0.2, 0.25) is 0 Å². The molecule has 0 aromatic carbocycles. The molecule has 0 saturated heterocycles. The van der Waals surface area contributed by atoms with Crippen molar-refractivity contribution in [3.8, 4) is 0 Å². The van der Waals surface area contributed by atoms with Gasteiger partial charge in [0.15, 0.2) is 0 Å². The van der Waals surface area contributed by atoms with E-state index in [0.717, 1.165) is 5.06 Å². The number of nitrogens with one attached hydrogen (secondary N) is 1. The van der Waals surface area contributed by atoms with Gasteiger partial charge in [-0.05, 0) is 33.9 Å². The Kier molecular flexibility index (Phi) is 11.8. The van der Waals surface area contributed by atoms with Gasteiger partial charge < -0.3 is 5.32 Å². The normalized spacial score (nSPS) is 10.4. The fraction of sp³-hybridized carbons (Fsp3) is 0.750. The molecule has 114 valence electrons. The summed E-state index contributed by atoms with van der Waals surface area (Å²) in [6, 6.07) is 0. The monoisotopic (exact) mass is 294 g/mol. The summed E-state index contributed by atoms with van der Waals surface area (Å²) < 4.78 is 27.5. The second-order valence-corrected chi connectivity index (χ2v) is 5.70. The first kappa shape index (κ1) is 20.4. The molecule has 0 aromatic rings.